The standard InChI is InChI=1S/C17H13ClF3NO3/c18-12-7-5-11(6-8-12)9-22-15(23)10-25-16(24)13-3-1-2-4-14(13)17(19,20)21/h1-8H,9-10H2,(H,22,23). The quantitative estimate of drug-likeness (QED) is 0.813. The van der Waals surface area contributed by atoms with Gasteiger partial charge in [0.05, 0.1) is 11.1 Å². The summed E-state index contributed by atoms with van der Waals surface area (Å²) >= 11 is 5.74. The maximum Gasteiger partial charge on any atom is 0.417 e. The number of alkyl halides is 3. The Morgan fingerprint density at radius 2 is 1.68 bits per heavy atom. The zero-order chi connectivity index (χ0) is 18.4. The zero-order valence-corrected chi connectivity index (χ0v) is 13.5. The Bertz CT molecular complexity index is 760. The van der Waals surface area contributed by atoms with Gasteiger partial charge in [-0.3, -0.25) is 4.79 Å². The summed E-state index contributed by atoms with van der Waals surface area (Å²) in [5, 5.41) is 3.04. The summed E-state index contributed by atoms with van der Waals surface area (Å²) in [4.78, 5) is 23.5. The fraction of sp³-hybridized carbons (Fsp3) is 0.176. The maximum absolute atomic E-state index is 12.8. The van der Waals surface area contributed by atoms with E-state index in [1.807, 2.05) is 0 Å². The van der Waals surface area contributed by atoms with Crippen molar-refractivity contribution in [2.75, 3.05) is 6.61 Å². The fourth-order valence-electron chi connectivity index (χ4n) is 1.97. The number of hydrogen-bond acceptors (Lipinski definition) is 3. The van der Waals surface area contributed by atoms with Crippen molar-refractivity contribution in [1.82, 2.24) is 5.32 Å². The third-order valence-electron chi connectivity index (χ3n) is 3.19. The molecule has 8 heteroatoms. The predicted molar refractivity (Wildman–Crippen MR) is 85.0 cm³/mol. The first-order valence-electron chi connectivity index (χ1n) is 7.12. The Morgan fingerprint density at radius 1 is 1.04 bits per heavy atom. The number of nitrogens with one attached hydrogen (secondary N) is 1. The lowest BCUT2D eigenvalue weighted by molar-refractivity contribution is -0.138. The van der Waals surface area contributed by atoms with Gasteiger partial charge in [0, 0.05) is 11.6 Å². The first-order valence-corrected chi connectivity index (χ1v) is 7.49. The predicted octanol–water partition coefficient (Wildman–Crippen LogP) is 3.83. The maximum atomic E-state index is 12.8. The highest BCUT2D eigenvalue weighted by molar-refractivity contribution is 6.30. The van der Waals surface area contributed by atoms with Gasteiger partial charge in [0.2, 0.25) is 0 Å². The van der Waals surface area contributed by atoms with Crippen LogP contribution in [0.25, 0.3) is 0 Å². The third kappa shape index (κ3) is 5.49. The van der Waals surface area contributed by atoms with Crippen LogP contribution >= 0.6 is 11.6 Å². The third-order valence-corrected chi connectivity index (χ3v) is 3.44. The van der Waals surface area contributed by atoms with Gasteiger partial charge in [0.25, 0.3) is 5.91 Å². The van der Waals surface area contributed by atoms with Gasteiger partial charge in [0.1, 0.15) is 0 Å². The molecule has 0 radical (unpaired) electrons. The van der Waals surface area contributed by atoms with Crippen molar-refractivity contribution in [1.29, 1.82) is 0 Å². The minimum atomic E-state index is -4.69. The highest BCUT2D eigenvalue weighted by atomic mass is 35.5. The van der Waals surface area contributed by atoms with Crippen LogP contribution in [0.5, 0.6) is 0 Å². The Kier molecular flexibility index (Phi) is 6.03. The molecule has 0 aliphatic carbocycles. The Hall–Kier alpha value is -2.54. The van der Waals surface area contributed by atoms with Gasteiger partial charge in [-0.2, -0.15) is 13.2 Å². The number of amides is 1. The molecule has 0 aromatic heterocycles. The molecule has 25 heavy (non-hydrogen) atoms. The SMILES string of the molecule is O=C(COC(=O)c1ccccc1C(F)(F)F)NCc1ccc(Cl)cc1. The largest absolute Gasteiger partial charge is 0.452 e. The van der Waals surface area contributed by atoms with E-state index in [2.05, 4.69) is 10.1 Å². The molecule has 0 aliphatic rings. The second kappa shape index (κ2) is 8.02. The number of carbonyl (C=O) groups excluding carboxylic acids is 2. The summed E-state index contributed by atoms with van der Waals surface area (Å²) < 4.78 is 43.2. The van der Waals surface area contributed by atoms with Crippen molar-refractivity contribution in [3.8, 4) is 0 Å². The number of hydrogen-bond donors (Lipinski definition) is 1. The van der Waals surface area contributed by atoms with E-state index in [1.165, 1.54) is 12.1 Å². The van der Waals surface area contributed by atoms with Gasteiger partial charge in [0.15, 0.2) is 6.61 Å². The van der Waals surface area contributed by atoms with E-state index < -0.39 is 35.8 Å². The Labute approximate surface area is 146 Å². The molecule has 0 heterocycles. The van der Waals surface area contributed by atoms with Gasteiger partial charge in [-0.1, -0.05) is 35.9 Å². The molecule has 0 unspecified atom stereocenters. The average Bonchev–Trinajstić information content (AvgIpc) is 2.58. The summed E-state index contributed by atoms with van der Waals surface area (Å²) in [6.45, 7) is -0.509. The Morgan fingerprint density at radius 3 is 2.32 bits per heavy atom. The van der Waals surface area contributed by atoms with Gasteiger partial charge in [-0.15, -0.1) is 0 Å². The van der Waals surface area contributed by atoms with Crippen LogP contribution in [-0.4, -0.2) is 18.5 Å². The molecule has 1 amide bonds. The van der Waals surface area contributed by atoms with Crippen molar-refractivity contribution in [3.63, 3.8) is 0 Å². The first-order chi connectivity index (χ1) is 11.8. The van der Waals surface area contributed by atoms with Crippen molar-refractivity contribution < 1.29 is 27.5 Å². The normalized spacial score (nSPS) is 11.0. The molecule has 2 rings (SSSR count). The highest BCUT2D eigenvalue weighted by Crippen LogP contribution is 2.32. The lowest BCUT2D eigenvalue weighted by Gasteiger charge is -2.12. The molecule has 0 aliphatic heterocycles. The smallest absolute Gasteiger partial charge is 0.417 e. The molecule has 132 valence electrons. The van der Waals surface area contributed by atoms with E-state index in [0.29, 0.717) is 5.02 Å². The van der Waals surface area contributed by atoms with Crippen LogP contribution in [0.4, 0.5) is 13.2 Å². The second-order valence-corrected chi connectivity index (χ2v) is 5.46. The van der Waals surface area contributed by atoms with Crippen LogP contribution in [0.3, 0.4) is 0 Å². The average molecular weight is 372 g/mol. The van der Waals surface area contributed by atoms with E-state index in [4.69, 9.17) is 11.6 Å². The van der Waals surface area contributed by atoms with Crippen LogP contribution < -0.4 is 5.32 Å². The monoisotopic (exact) mass is 371 g/mol. The molecular weight excluding hydrogens is 359 g/mol. The summed E-state index contributed by atoms with van der Waals surface area (Å²) in [6, 6.07) is 10.9. The molecular formula is C17H13ClF3NO3. The molecule has 2 aromatic rings. The van der Waals surface area contributed by atoms with Crippen molar-refractivity contribution in [3.05, 3.63) is 70.2 Å². The van der Waals surface area contributed by atoms with Gasteiger partial charge >= 0.3 is 12.1 Å². The number of halogens is 4. The summed E-state index contributed by atoms with van der Waals surface area (Å²) in [5.41, 5.74) is -0.978. The van der Waals surface area contributed by atoms with E-state index in [1.54, 1.807) is 24.3 Å². The van der Waals surface area contributed by atoms with Gasteiger partial charge in [-0.25, -0.2) is 4.79 Å². The number of esters is 1. The van der Waals surface area contributed by atoms with E-state index in [-0.39, 0.29) is 6.54 Å². The number of ether oxygens (including phenoxy) is 1. The lowest BCUT2D eigenvalue weighted by Crippen LogP contribution is -2.28. The molecule has 0 saturated heterocycles. The minimum absolute atomic E-state index is 0.173. The van der Waals surface area contributed by atoms with E-state index in [0.717, 1.165) is 17.7 Å². The summed E-state index contributed by atoms with van der Waals surface area (Å²) in [5.74, 6) is -1.85. The van der Waals surface area contributed by atoms with E-state index >= 15 is 0 Å². The van der Waals surface area contributed by atoms with Crippen molar-refractivity contribution in [2.45, 2.75) is 12.7 Å². The Balaban J connectivity index is 1.89. The molecule has 4 nitrogen and oxygen atoms in total. The number of benzene rings is 2. The number of rotatable bonds is 5. The minimum Gasteiger partial charge on any atom is -0.452 e. The molecule has 0 bridgehead atoms. The van der Waals surface area contributed by atoms with Crippen LogP contribution in [-0.2, 0) is 22.3 Å². The molecule has 0 fully saturated rings. The van der Waals surface area contributed by atoms with E-state index in [9.17, 15) is 22.8 Å². The molecule has 0 atom stereocenters. The van der Waals surface area contributed by atoms with Crippen molar-refractivity contribution >= 4 is 23.5 Å². The van der Waals surface area contributed by atoms with Crippen molar-refractivity contribution in [2.24, 2.45) is 0 Å². The molecule has 1 N–H and O–H groups in total. The van der Waals surface area contributed by atoms with Gasteiger partial charge in [-0.05, 0) is 29.8 Å². The summed E-state index contributed by atoms with van der Waals surface area (Å²) in [7, 11) is 0. The lowest BCUT2D eigenvalue weighted by atomic mass is 10.1. The molecule has 2 aromatic carbocycles. The van der Waals surface area contributed by atoms with Crippen LogP contribution in [0.15, 0.2) is 48.5 Å². The fourth-order valence-corrected chi connectivity index (χ4v) is 2.10. The van der Waals surface area contributed by atoms with Gasteiger partial charge < -0.3 is 10.1 Å². The molecule has 0 spiro atoms. The topological polar surface area (TPSA) is 55.4 Å². The van der Waals surface area contributed by atoms with Crippen LogP contribution in [0.1, 0.15) is 21.5 Å². The zero-order valence-electron chi connectivity index (χ0n) is 12.8. The first kappa shape index (κ1) is 18.8. The van der Waals surface area contributed by atoms with Crippen LogP contribution in [0.2, 0.25) is 5.02 Å². The molecule has 0 saturated carbocycles. The highest BCUT2D eigenvalue weighted by Gasteiger charge is 2.35. The number of carbonyl (C=O) groups is 2. The van der Waals surface area contributed by atoms with Crippen LogP contribution in [0, 0.1) is 0 Å². The summed E-state index contributed by atoms with van der Waals surface area (Å²) in [6.07, 6.45) is -4.69. The second-order valence-electron chi connectivity index (χ2n) is 5.02.